The molecule has 0 unspecified atom stereocenters. The van der Waals surface area contributed by atoms with Gasteiger partial charge in [0.2, 0.25) is 0 Å². The first-order valence-electron chi connectivity index (χ1n) is 5.14. The fraction of sp³-hybridized carbons (Fsp3) is 0.167. The molecule has 0 aliphatic rings. The smallest absolute Gasteiger partial charge is 0.153 e. The molecule has 0 radical (unpaired) electrons. The molecule has 0 aliphatic carbocycles. The van der Waals surface area contributed by atoms with Crippen LogP contribution in [-0.2, 0) is 6.54 Å². The van der Waals surface area contributed by atoms with E-state index in [2.05, 4.69) is 15.5 Å². The van der Waals surface area contributed by atoms with Crippen LogP contribution in [0.25, 0.3) is 0 Å². The largest absolute Gasteiger partial charge is 0.338 e. The molecule has 0 bridgehead atoms. The highest BCUT2D eigenvalue weighted by Gasteiger charge is 2.01. The molecular formula is C12H14N4. The van der Waals surface area contributed by atoms with Crippen LogP contribution < -0.4 is 11.1 Å². The van der Waals surface area contributed by atoms with Crippen molar-refractivity contribution in [3.8, 4) is 0 Å². The number of hydrogen-bond acceptors (Lipinski definition) is 4. The molecule has 3 N–H and O–H groups in total. The molecule has 1 heterocycles. The Balaban J connectivity index is 2.26. The zero-order valence-corrected chi connectivity index (χ0v) is 9.14. The second-order valence-electron chi connectivity index (χ2n) is 3.60. The Morgan fingerprint density at radius 1 is 1.31 bits per heavy atom. The second-order valence-corrected chi connectivity index (χ2v) is 3.60. The van der Waals surface area contributed by atoms with Crippen molar-refractivity contribution in [2.24, 2.45) is 5.73 Å². The lowest BCUT2D eigenvalue weighted by atomic mass is 10.2. The molecule has 4 nitrogen and oxygen atoms in total. The number of benzene rings is 1. The number of nitrogens with one attached hydrogen (secondary N) is 1. The summed E-state index contributed by atoms with van der Waals surface area (Å²) in [6.07, 6.45) is 1.72. The minimum atomic E-state index is 0.502. The van der Waals surface area contributed by atoms with Gasteiger partial charge >= 0.3 is 0 Å². The van der Waals surface area contributed by atoms with Crippen molar-refractivity contribution in [3.05, 3.63) is 47.7 Å². The van der Waals surface area contributed by atoms with Crippen LogP contribution >= 0.6 is 0 Å². The lowest BCUT2D eigenvalue weighted by Crippen LogP contribution is -2.03. The lowest BCUT2D eigenvalue weighted by molar-refractivity contribution is 1.01. The number of aryl methyl sites for hydroxylation is 1. The number of nitrogens with two attached hydrogens (primary N) is 1. The number of nitrogens with zero attached hydrogens (tertiary/aromatic N) is 2. The maximum Gasteiger partial charge on any atom is 0.153 e. The first kappa shape index (κ1) is 10.6. The summed E-state index contributed by atoms with van der Waals surface area (Å²) in [7, 11) is 0. The molecule has 0 aliphatic heterocycles. The summed E-state index contributed by atoms with van der Waals surface area (Å²) in [5.74, 6) is 0.737. The molecule has 4 heteroatoms. The van der Waals surface area contributed by atoms with Gasteiger partial charge < -0.3 is 11.1 Å². The molecule has 0 saturated carbocycles. The number of para-hydroxylation sites is 1. The first-order chi connectivity index (χ1) is 7.79. The minimum Gasteiger partial charge on any atom is -0.338 e. The van der Waals surface area contributed by atoms with Crippen LogP contribution in [0.15, 0.2) is 36.5 Å². The van der Waals surface area contributed by atoms with Gasteiger partial charge in [0.15, 0.2) is 5.82 Å². The van der Waals surface area contributed by atoms with Crippen molar-refractivity contribution in [2.45, 2.75) is 13.5 Å². The average molecular weight is 214 g/mol. The van der Waals surface area contributed by atoms with E-state index in [1.807, 2.05) is 37.3 Å². The van der Waals surface area contributed by atoms with Crippen molar-refractivity contribution in [1.29, 1.82) is 0 Å². The Morgan fingerprint density at radius 3 is 2.88 bits per heavy atom. The standard InChI is InChI=1S/C12H14N4/c1-9-6-12(16-14-8-9)15-11-5-3-2-4-10(11)7-13/h2-6,8H,7,13H2,1H3,(H,15,16). The van der Waals surface area contributed by atoms with Crippen molar-refractivity contribution in [1.82, 2.24) is 10.2 Å². The Hall–Kier alpha value is -1.94. The van der Waals surface area contributed by atoms with E-state index in [4.69, 9.17) is 5.73 Å². The summed E-state index contributed by atoms with van der Waals surface area (Å²) in [5, 5.41) is 11.1. The summed E-state index contributed by atoms with van der Waals surface area (Å²) < 4.78 is 0. The highest BCUT2D eigenvalue weighted by atomic mass is 15.2. The predicted molar refractivity (Wildman–Crippen MR) is 64.4 cm³/mol. The topological polar surface area (TPSA) is 63.8 Å². The van der Waals surface area contributed by atoms with E-state index in [0.717, 1.165) is 22.6 Å². The first-order valence-corrected chi connectivity index (χ1v) is 5.14. The second kappa shape index (κ2) is 4.72. The number of hydrogen-bond donors (Lipinski definition) is 2. The maximum absolute atomic E-state index is 5.66. The summed E-state index contributed by atoms with van der Waals surface area (Å²) in [6, 6.07) is 9.85. The van der Waals surface area contributed by atoms with E-state index in [1.54, 1.807) is 6.20 Å². The SMILES string of the molecule is Cc1cnnc(Nc2ccccc2CN)c1. The molecule has 0 saturated heterocycles. The lowest BCUT2D eigenvalue weighted by Gasteiger charge is -2.09. The summed E-state index contributed by atoms with van der Waals surface area (Å²) in [6.45, 7) is 2.48. The van der Waals surface area contributed by atoms with Crippen LogP contribution in [0.5, 0.6) is 0 Å². The molecule has 1 aromatic carbocycles. The third kappa shape index (κ3) is 2.35. The molecule has 2 aromatic rings. The van der Waals surface area contributed by atoms with Gasteiger partial charge in [-0.15, -0.1) is 5.10 Å². The normalized spacial score (nSPS) is 10.1. The van der Waals surface area contributed by atoms with Gasteiger partial charge in [0.1, 0.15) is 0 Å². The van der Waals surface area contributed by atoms with Crippen LogP contribution in [0, 0.1) is 6.92 Å². The van der Waals surface area contributed by atoms with Crippen molar-refractivity contribution < 1.29 is 0 Å². The molecule has 0 atom stereocenters. The maximum atomic E-state index is 5.66. The van der Waals surface area contributed by atoms with Gasteiger partial charge in [0, 0.05) is 12.2 Å². The van der Waals surface area contributed by atoms with E-state index in [0.29, 0.717) is 6.54 Å². The summed E-state index contributed by atoms with van der Waals surface area (Å²) in [5.41, 5.74) is 8.77. The van der Waals surface area contributed by atoms with Crippen molar-refractivity contribution >= 4 is 11.5 Å². The molecule has 0 amide bonds. The Bertz CT molecular complexity index is 482. The zero-order valence-electron chi connectivity index (χ0n) is 9.14. The van der Waals surface area contributed by atoms with Crippen molar-refractivity contribution in [2.75, 3.05) is 5.32 Å². The summed E-state index contributed by atoms with van der Waals surface area (Å²) in [4.78, 5) is 0. The van der Waals surface area contributed by atoms with Crippen LogP contribution in [0.2, 0.25) is 0 Å². The fourth-order valence-electron chi connectivity index (χ4n) is 1.48. The third-order valence-electron chi connectivity index (χ3n) is 2.29. The van der Waals surface area contributed by atoms with Gasteiger partial charge in [-0.05, 0) is 30.2 Å². The van der Waals surface area contributed by atoms with Gasteiger partial charge in [-0.1, -0.05) is 18.2 Å². The van der Waals surface area contributed by atoms with E-state index in [1.165, 1.54) is 0 Å². The average Bonchev–Trinajstić information content (AvgIpc) is 2.30. The molecule has 82 valence electrons. The van der Waals surface area contributed by atoms with E-state index in [9.17, 15) is 0 Å². The highest BCUT2D eigenvalue weighted by molar-refractivity contribution is 5.60. The van der Waals surface area contributed by atoms with Crippen LogP contribution in [0.1, 0.15) is 11.1 Å². The van der Waals surface area contributed by atoms with Crippen LogP contribution in [-0.4, -0.2) is 10.2 Å². The predicted octanol–water partition coefficient (Wildman–Crippen LogP) is 1.99. The zero-order chi connectivity index (χ0) is 11.4. The number of anilines is 2. The fourth-order valence-corrected chi connectivity index (χ4v) is 1.48. The number of rotatable bonds is 3. The third-order valence-corrected chi connectivity index (χ3v) is 2.29. The Morgan fingerprint density at radius 2 is 2.12 bits per heavy atom. The van der Waals surface area contributed by atoms with E-state index >= 15 is 0 Å². The Kier molecular flexibility index (Phi) is 3.12. The number of aromatic nitrogens is 2. The van der Waals surface area contributed by atoms with Gasteiger partial charge in [0.05, 0.1) is 6.20 Å². The van der Waals surface area contributed by atoms with Crippen LogP contribution in [0.3, 0.4) is 0 Å². The van der Waals surface area contributed by atoms with Crippen molar-refractivity contribution in [3.63, 3.8) is 0 Å². The molecule has 16 heavy (non-hydrogen) atoms. The van der Waals surface area contributed by atoms with E-state index in [-0.39, 0.29) is 0 Å². The molecular weight excluding hydrogens is 200 g/mol. The monoisotopic (exact) mass is 214 g/mol. The quantitative estimate of drug-likeness (QED) is 0.820. The highest BCUT2D eigenvalue weighted by Crippen LogP contribution is 2.18. The minimum absolute atomic E-state index is 0.502. The van der Waals surface area contributed by atoms with Gasteiger partial charge in [-0.3, -0.25) is 0 Å². The summed E-state index contributed by atoms with van der Waals surface area (Å²) >= 11 is 0. The van der Waals surface area contributed by atoms with Crippen LogP contribution in [0.4, 0.5) is 11.5 Å². The van der Waals surface area contributed by atoms with Gasteiger partial charge in [-0.25, -0.2) is 0 Å². The van der Waals surface area contributed by atoms with Gasteiger partial charge in [-0.2, -0.15) is 5.10 Å². The molecule has 0 spiro atoms. The van der Waals surface area contributed by atoms with E-state index < -0.39 is 0 Å². The molecule has 2 rings (SSSR count). The molecule has 1 aromatic heterocycles. The Labute approximate surface area is 94.5 Å². The van der Waals surface area contributed by atoms with Gasteiger partial charge in [0.25, 0.3) is 0 Å². The molecule has 0 fully saturated rings.